The van der Waals surface area contributed by atoms with Gasteiger partial charge in [0.15, 0.2) is 11.5 Å². The second kappa shape index (κ2) is 5.72. The van der Waals surface area contributed by atoms with E-state index in [0.717, 1.165) is 16.5 Å². The molecule has 0 radical (unpaired) electrons. The number of aromatic nitrogens is 2. The lowest BCUT2D eigenvalue weighted by molar-refractivity contribution is 0.0685. The number of nitrogens with zero attached hydrogens (tertiary/aromatic N) is 2. The van der Waals surface area contributed by atoms with Crippen LogP contribution >= 0.6 is 0 Å². The summed E-state index contributed by atoms with van der Waals surface area (Å²) in [4.78, 5) is 15.1. The van der Waals surface area contributed by atoms with Gasteiger partial charge in [0.25, 0.3) is 0 Å². The Labute approximate surface area is 120 Å². The highest BCUT2D eigenvalue weighted by Gasteiger charge is 2.10. The molecule has 1 aromatic carbocycles. The number of fused-ring (bicyclic) bond motifs is 1. The predicted molar refractivity (Wildman–Crippen MR) is 75.7 cm³/mol. The van der Waals surface area contributed by atoms with Crippen LogP contribution in [0.15, 0.2) is 47.1 Å². The van der Waals surface area contributed by atoms with Crippen molar-refractivity contribution in [3.63, 3.8) is 0 Å². The molecule has 0 bridgehead atoms. The molecule has 6 heteroatoms. The van der Waals surface area contributed by atoms with Crippen molar-refractivity contribution in [1.29, 1.82) is 0 Å². The van der Waals surface area contributed by atoms with Crippen molar-refractivity contribution < 1.29 is 14.4 Å². The summed E-state index contributed by atoms with van der Waals surface area (Å²) < 4.78 is 4.94. The van der Waals surface area contributed by atoms with Gasteiger partial charge in [0.1, 0.15) is 0 Å². The molecule has 0 atom stereocenters. The third-order valence-electron chi connectivity index (χ3n) is 3.11. The van der Waals surface area contributed by atoms with Gasteiger partial charge in [-0.25, -0.2) is 4.79 Å². The van der Waals surface area contributed by atoms with E-state index >= 15 is 0 Å². The number of nitrogens with one attached hydrogen (secondary N) is 1. The first-order chi connectivity index (χ1) is 10.2. The lowest BCUT2D eigenvalue weighted by Gasteiger charge is -2.06. The minimum absolute atomic E-state index is 0.0846. The van der Waals surface area contributed by atoms with Crippen LogP contribution in [0.2, 0.25) is 0 Å². The van der Waals surface area contributed by atoms with Crippen molar-refractivity contribution in [1.82, 2.24) is 15.5 Å². The lowest BCUT2D eigenvalue weighted by atomic mass is 10.1. The smallest absolute Gasteiger partial charge is 0.358 e. The normalized spacial score (nSPS) is 10.9. The molecular weight excluding hydrogens is 270 g/mol. The number of pyridine rings is 1. The SMILES string of the molecule is O=C(O)c1cc(CNCc2cccc3cccnc23)on1. The highest BCUT2D eigenvalue weighted by Crippen LogP contribution is 2.15. The van der Waals surface area contributed by atoms with Gasteiger partial charge in [0.05, 0.1) is 12.1 Å². The average Bonchev–Trinajstić information content (AvgIpc) is 2.97. The van der Waals surface area contributed by atoms with Crippen molar-refractivity contribution in [2.45, 2.75) is 13.1 Å². The van der Waals surface area contributed by atoms with E-state index in [1.54, 1.807) is 6.20 Å². The number of hydrogen-bond donors (Lipinski definition) is 2. The summed E-state index contributed by atoms with van der Waals surface area (Å²) in [5, 5.41) is 16.5. The second-order valence-electron chi connectivity index (χ2n) is 4.58. The van der Waals surface area contributed by atoms with Crippen LogP contribution in [0.3, 0.4) is 0 Å². The Morgan fingerprint density at radius 1 is 1.24 bits per heavy atom. The zero-order valence-electron chi connectivity index (χ0n) is 11.1. The number of para-hydroxylation sites is 1. The Kier molecular flexibility index (Phi) is 3.61. The molecule has 3 aromatic rings. The van der Waals surface area contributed by atoms with E-state index in [2.05, 4.69) is 15.5 Å². The number of carboxylic acid groups (broad SMARTS) is 1. The second-order valence-corrected chi connectivity index (χ2v) is 4.58. The molecule has 106 valence electrons. The van der Waals surface area contributed by atoms with E-state index in [1.807, 2.05) is 30.3 Å². The van der Waals surface area contributed by atoms with E-state index in [4.69, 9.17) is 9.63 Å². The van der Waals surface area contributed by atoms with Gasteiger partial charge in [0.2, 0.25) is 0 Å². The first kappa shape index (κ1) is 13.3. The summed E-state index contributed by atoms with van der Waals surface area (Å²) in [6, 6.07) is 11.3. The number of carboxylic acids is 1. The van der Waals surface area contributed by atoms with E-state index in [9.17, 15) is 4.79 Å². The molecule has 2 heterocycles. The highest BCUT2D eigenvalue weighted by molar-refractivity contribution is 5.85. The number of aromatic carboxylic acids is 1. The minimum Gasteiger partial charge on any atom is -0.476 e. The maximum absolute atomic E-state index is 10.7. The maximum Gasteiger partial charge on any atom is 0.358 e. The first-order valence-corrected chi connectivity index (χ1v) is 6.46. The fourth-order valence-corrected chi connectivity index (χ4v) is 2.13. The van der Waals surface area contributed by atoms with E-state index in [-0.39, 0.29) is 5.69 Å². The molecule has 0 saturated carbocycles. The van der Waals surface area contributed by atoms with Gasteiger partial charge in [-0.1, -0.05) is 29.4 Å². The number of rotatable bonds is 5. The zero-order chi connectivity index (χ0) is 14.7. The Hall–Kier alpha value is -2.73. The van der Waals surface area contributed by atoms with Crippen molar-refractivity contribution >= 4 is 16.9 Å². The van der Waals surface area contributed by atoms with E-state index in [0.29, 0.717) is 18.8 Å². The molecule has 6 nitrogen and oxygen atoms in total. The Bertz CT molecular complexity index is 777. The van der Waals surface area contributed by atoms with Crippen LogP contribution < -0.4 is 5.32 Å². The monoisotopic (exact) mass is 283 g/mol. The minimum atomic E-state index is -1.09. The molecule has 3 rings (SSSR count). The summed E-state index contributed by atoms with van der Waals surface area (Å²) >= 11 is 0. The van der Waals surface area contributed by atoms with Crippen LogP contribution in [0, 0.1) is 0 Å². The average molecular weight is 283 g/mol. The van der Waals surface area contributed by atoms with Crippen LogP contribution in [0.25, 0.3) is 10.9 Å². The molecule has 0 aliphatic heterocycles. The van der Waals surface area contributed by atoms with Crippen molar-refractivity contribution in [3.8, 4) is 0 Å². The van der Waals surface area contributed by atoms with Gasteiger partial charge < -0.3 is 14.9 Å². The van der Waals surface area contributed by atoms with Gasteiger partial charge in [-0.15, -0.1) is 0 Å². The fraction of sp³-hybridized carbons (Fsp3) is 0.133. The van der Waals surface area contributed by atoms with Gasteiger partial charge in [0, 0.05) is 24.2 Å². The molecular formula is C15H13N3O3. The highest BCUT2D eigenvalue weighted by atomic mass is 16.5. The topological polar surface area (TPSA) is 88.2 Å². The largest absolute Gasteiger partial charge is 0.476 e. The van der Waals surface area contributed by atoms with Gasteiger partial charge >= 0.3 is 5.97 Å². The maximum atomic E-state index is 10.7. The zero-order valence-corrected chi connectivity index (χ0v) is 11.1. The summed E-state index contributed by atoms with van der Waals surface area (Å²) in [6.45, 7) is 1.01. The molecule has 2 N–H and O–H groups in total. The molecule has 2 aromatic heterocycles. The summed E-state index contributed by atoms with van der Waals surface area (Å²) in [5.74, 6) is -0.608. The van der Waals surface area contributed by atoms with Crippen LogP contribution in [0.1, 0.15) is 21.8 Å². The molecule has 0 unspecified atom stereocenters. The van der Waals surface area contributed by atoms with Crippen molar-refractivity contribution in [2.75, 3.05) is 0 Å². The van der Waals surface area contributed by atoms with Crippen LogP contribution in [-0.2, 0) is 13.1 Å². The number of benzene rings is 1. The summed E-state index contributed by atoms with van der Waals surface area (Å²) in [6.07, 6.45) is 1.77. The first-order valence-electron chi connectivity index (χ1n) is 6.46. The third-order valence-corrected chi connectivity index (χ3v) is 3.11. The lowest BCUT2D eigenvalue weighted by Crippen LogP contribution is -2.12. The van der Waals surface area contributed by atoms with Gasteiger partial charge in [-0.05, 0) is 11.6 Å². The molecule has 0 aliphatic rings. The summed E-state index contributed by atoms with van der Waals surface area (Å²) in [7, 11) is 0. The molecule has 21 heavy (non-hydrogen) atoms. The van der Waals surface area contributed by atoms with Crippen molar-refractivity contribution in [2.24, 2.45) is 0 Å². The van der Waals surface area contributed by atoms with Crippen molar-refractivity contribution in [3.05, 3.63) is 59.6 Å². The molecule has 0 fully saturated rings. The van der Waals surface area contributed by atoms with Gasteiger partial charge in [-0.2, -0.15) is 0 Å². The summed E-state index contributed by atoms with van der Waals surface area (Å²) in [5.41, 5.74) is 1.95. The van der Waals surface area contributed by atoms with Crippen LogP contribution in [-0.4, -0.2) is 21.2 Å². The van der Waals surface area contributed by atoms with Gasteiger partial charge in [-0.3, -0.25) is 4.98 Å². The quantitative estimate of drug-likeness (QED) is 0.746. The number of hydrogen-bond acceptors (Lipinski definition) is 5. The molecule has 0 spiro atoms. The van der Waals surface area contributed by atoms with Crippen LogP contribution in [0.4, 0.5) is 0 Å². The molecule has 0 saturated heterocycles. The Morgan fingerprint density at radius 2 is 2.10 bits per heavy atom. The van der Waals surface area contributed by atoms with Crippen LogP contribution in [0.5, 0.6) is 0 Å². The van der Waals surface area contributed by atoms with E-state index < -0.39 is 5.97 Å². The van der Waals surface area contributed by atoms with E-state index in [1.165, 1.54) is 6.07 Å². The molecule has 0 amide bonds. The standard InChI is InChI=1S/C15H13N3O3/c19-15(20)13-7-12(21-18-13)9-16-8-11-4-1-3-10-5-2-6-17-14(10)11/h1-7,16H,8-9H2,(H,19,20). The Balaban J connectivity index is 1.68. The number of carbonyl (C=O) groups is 1. The third kappa shape index (κ3) is 2.90. The Morgan fingerprint density at radius 3 is 2.90 bits per heavy atom. The fourth-order valence-electron chi connectivity index (χ4n) is 2.13. The molecule has 0 aliphatic carbocycles. The predicted octanol–water partition coefficient (Wildman–Crippen LogP) is 2.21.